The number of hydrogen-bond acceptors (Lipinski definition) is 3. The van der Waals surface area contributed by atoms with Crippen LogP contribution in [0.5, 0.6) is 0 Å². The number of aromatic nitrogens is 2. The minimum Gasteiger partial charge on any atom is -0.334 e. The van der Waals surface area contributed by atoms with Gasteiger partial charge in [0.05, 0.1) is 23.9 Å². The molecule has 0 spiro atoms. The van der Waals surface area contributed by atoms with E-state index in [0.717, 1.165) is 11.0 Å². The number of hydrogen-bond donors (Lipinski definition) is 0. The normalized spacial score (nSPS) is 10.8. The van der Waals surface area contributed by atoms with Crippen molar-refractivity contribution in [1.29, 1.82) is 0 Å². The summed E-state index contributed by atoms with van der Waals surface area (Å²) in [4.78, 5) is 19.9. The van der Waals surface area contributed by atoms with Crippen LogP contribution in [-0.4, -0.2) is 26.9 Å². The monoisotopic (exact) mass is 325 g/mol. The Morgan fingerprint density at radius 3 is 2.96 bits per heavy atom. The van der Waals surface area contributed by atoms with Gasteiger partial charge >= 0.3 is 0 Å². The van der Waals surface area contributed by atoms with Gasteiger partial charge in [-0.25, -0.2) is 4.98 Å². The molecular formula is C18H19N3OS. The Morgan fingerprint density at radius 2 is 2.17 bits per heavy atom. The second-order valence-electron chi connectivity index (χ2n) is 5.32. The molecule has 0 aliphatic heterocycles. The molecule has 23 heavy (non-hydrogen) atoms. The number of nitrogens with zero attached hydrogens (tertiary/aromatic N) is 3. The predicted octanol–water partition coefficient (Wildman–Crippen LogP) is 3.70. The molecule has 0 saturated heterocycles. The smallest absolute Gasteiger partial charge is 0.224 e. The van der Waals surface area contributed by atoms with E-state index in [4.69, 9.17) is 0 Å². The highest BCUT2D eigenvalue weighted by molar-refractivity contribution is 7.09. The van der Waals surface area contributed by atoms with E-state index in [9.17, 15) is 4.79 Å². The Bertz CT molecular complexity index is 792. The van der Waals surface area contributed by atoms with Crippen LogP contribution in [0.2, 0.25) is 0 Å². The van der Waals surface area contributed by atoms with Crippen molar-refractivity contribution in [3.05, 3.63) is 65.6 Å². The van der Waals surface area contributed by atoms with Crippen LogP contribution in [0.25, 0.3) is 11.0 Å². The molecule has 118 valence electrons. The molecule has 1 amide bonds. The topological polar surface area (TPSA) is 38.1 Å². The summed E-state index contributed by atoms with van der Waals surface area (Å²) in [5, 5.41) is 2.03. The lowest BCUT2D eigenvalue weighted by Crippen LogP contribution is -2.31. The maximum atomic E-state index is 12.5. The lowest BCUT2D eigenvalue weighted by molar-refractivity contribution is -0.131. The summed E-state index contributed by atoms with van der Waals surface area (Å²) in [7, 11) is 0. The van der Waals surface area contributed by atoms with Gasteiger partial charge in [-0.15, -0.1) is 17.9 Å². The quantitative estimate of drug-likeness (QED) is 0.621. The van der Waals surface area contributed by atoms with Crippen molar-refractivity contribution in [1.82, 2.24) is 14.5 Å². The third kappa shape index (κ3) is 3.68. The van der Waals surface area contributed by atoms with Crippen molar-refractivity contribution in [2.45, 2.75) is 19.5 Å². The largest absolute Gasteiger partial charge is 0.334 e. The number of rotatable bonds is 7. The molecular weight excluding hydrogens is 306 g/mol. The first-order chi connectivity index (χ1) is 11.3. The maximum Gasteiger partial charge on any atom is 0.224 e. The lowest BCUT2D eigenvalue weighted by atomic mass is 10.3. The van der Waals surface area contributed by atoms with Crippen LogP contribution in [0.1, 0.15) is 11.3 Å². The first-order valence-corrected chi connectivity index (χ1v) is 8.47. The molecule has 0 aliphatic rings. The van der Waals surface area contributed by atoms with E-state index in [2.05, 4.69) is 17.6 Å². The SMILES string of the molecule is C=CCN(Cc1cccs1)C(=O)CCn1cnc2ccccc21. The number of amides is 1. The van der Waals surface area contributed by atoms with Crippen molar-refractivity contribution in [2.24, 2.45) is 0 Å². The molecule has 3 aromatic rings. The summed E-state index contributed by atoms with van der Waals surface area (Å²) in [6.07, 6.45) is 4.03. The van der Waals surface area contributed by atoms with E-state index >= 15 is 0 Å². The number of thiophene rings is 1. The Kier molecular flexibility index (Phi) is 4.88. The molecule has 0 unspecified atom stereocenters. The zero-order valence-corrected chi connectivity index (χ0v) is 13.7. The Morgan fingerprint density at radius 1 is 1.30 bits per heavy atom. The Labute approximate surface area is 139 Å². The standard InChI is InChI=1S/C18H19N3OS/c1-2-10-20(13-15-6-5-12-23-15)18(22)9-11-21-14-19-16-7-3-4-8-17(16)21/h2-8,12,14H,1,9-11,13H2. The molecule has 1 aromatic carbocycles. The summed E-state index contributed by atoms with van der Waals surface area (Å²) in [5.41, 5.74) is 2.02. The van der Waals surface area contributed by atoms with Gasteiger partial charge in [-0.1, -0.05) is 24.3 Å². The molecule has 3 rings (SSSR count). The van der Waals surface area contributed by atoms with Gasteiger partial charge in [0.25, 0.3) is 0 Å². The molecule has 5 heteroatoms. The Hall–Kier alpha value is -2.40. The highest BCUT2D eigenvalue weighted by Gasteiger charge is 2.14. The number of fused-ring (bicyclic) bond motifs is 1. The molecule has 2 aromatic heterocycles. The van der Waals surface area contributed by atoms with Gasteiger partial charge in [0.1, 0.15) is 0 Å². The fourth-order valence-electron chi connectivity index (χ4n) is 2.56. The summed E-state index contributed by atoms with van der Waals surface area (Å²) >= 11 is 1.67. The van der Waals surface area contributed by atoms with E-state index < -0.39 is 0 Å². The third-order valence-corrected chi connectivity index (χ3v) is 4.58. The minimum absolute atomic E-state index is 0.135. The minimum atomic E-state index is 0.135. The van der Waals surface area contributed by atoms with Crippen LogP contribution in [0.15, 0.2) is 60.8 Å². The van der Waals surface area contributed by atoms with Crippen molar-refractivity contribution in [3.63, 3.8) is 0 Å². The zero-order chi connectivity index (χ0) is 16.1. The van der Waals surface area contributed by atoms with Gasteiger partial charge in [-0.3, -0.25) is 4.79 Å². The second kappa shape index (κ2) is 7.24. The highest BCUT2D eigenvalue weighted by atomic mass is 32.1. The number of aryl methyl sites for hydroxylation is 1. The van der Waals surface area contributed by atoms with Gasteiger partial charge in [0.15, 0.2) is 0 Å². The average Bonchev–Trinajstić information content (AvgIpc) is 3.22. The van der Waals surface area contributed by atoms with Crippen LogP contribution in [-0.2, 0) is 17.9 Å². The van der Waals surface area contributed by atoms with E-state index in [0.29, 0.717) is 26.1 Å². The molecule has 0 N–H and O–H groups in total. The summed E-state index contributed by atoms with van der Waals surface area (Å²) in [6, 6.07) is 12.0. The summed E-state index contributed by atoms with van der Waals surface area (Å²) < 4.78 is 2.03. The van der Waals surface area contributed by atoms with E-state index in [1.807, 2.05) is 45.2 Å². The first kappa shape index (κ1) is 15.5. The van der Waals surface area contributed by atoms with Crippen molar-refractivity contribution >= 4 is 28.3 Å². The van der Waals surface area contributed by atoms with Crippen molar-refractivity contribution in [3.8, 4) is 0 Å². The van der Waals surface area contributed by atoms with Crippen LogP contribution >= 0.6 is 11.3 Å². The predicted molar refractivity (Wildman–Crippen MR) is 94.3 cm³/mol. The molecule has 0 bridgehead atoms. The van der Waals surface area contributed by atoms with Crippen molar-refractivity contribution in [2.75, 3.05) is 6.54 Å². The summed E-state index contributed by atoms with van der Waals surface area (Å²) in [6.45, 7) is 5.61. The number of carbonyl (C=O) groups is 1. The number of carbonyl (C=O) groups excluding carboxylic acids is 1. The van der Waals surface area contributed by atoms with E-state index in [1.54, 1.807) is 23.7 Å². The summed E-state index contributed by atoms with van der Waals surface area (Å²) in [5.74, 6) is 0.135. The Balaban J connectivity index is 1.65. The molecule has 0 radical (unpaired) electrons. The van der Waals surface area contributed by atoms with Crippen molar-refractivity contribution < 1.29 is 4.79 Å². The van der Waals surface area contributed by atoms with Crippen LogP contribution in [0, 0.1) is 0 Å². The third-order valence-electron chi connectivity index (χ3n) is 3.72. The molecule has 0 aliphatic carbocycles. The van der Waals surface area contributed by atoms with Gasteiger partial charge in [0, 0.05) is 24.4 Å². The van der Waals surface area contributed by atoms with E-state index in [-0.39, 0.29) is 5.91 Å². The second-order valence-corrected chi connectivity index (χ2v) is 6.35. The fraction of sp³-hybridized carbons (Fsp3) is 0.222. The van der Waals surface area contributed by atoms with Crippen LogP contribution < -0.4 is 0 Å². The molecule has 0 saturated carbocycles. The molecule has 4 nitrogen and oxygen atoms in total. The van der Waals surface area contributed by atoms with Gasteiger partial charge in [0.2, 0.25) is 5.91 Å². The average molecular weight is 325 g/mol. The van der Waals surface area contributed by atoms with Gasteiger partial charge < -0.3 is 9.47 Å². The molecule has 0 atom stereocenters. The lowest BCUT2D eigenvalue weighted by Gasteiger charge is -2.20. The number of para-hydroxylation sites is 2. The fourth-order valence-corrected chi connectivity index (χ4v) is 3.28. The maximum absolute atomic E-state index is 12.5. The van der Waals surface area contributed by atoms with E-state index in [1.165, 1.54) is 4.88 Å². The number of benzene rings is 1. The van der Waals surface area contributed by atoms with Gasteiger partial charge in [-0.05, 0) is 23.6 Å². The van der Waals surface area contributed by atoms with Crippen LogP contribution in [0.4, 0.5) is 0 Å². The zero-order valence-electron chi connectivity index (χ0n) is 12.9. The molecule has 0 fully saturated rings. The molecule has 2 heterocycles. The van der Waals surface area contributed by atoms with Gasteiger partial charge in [-0.2, -0.15) is 0 Å². The highest BCUT2D eigenvalue weighted by Crippen LogP contribution is 2.15. The first-order valence-electron chi connectivity index (χ1n) is 7.59. The van der Waals surface area contributed by atoms with Crippen LogP contribution in [0.3, 0.4) is 0 Å². The number of imidazole rings is 1.